The van der Waals surface area contributed by atoms with Crippen LogP contribution in [0.15, 0.2) is 24.7 Å². The summed E-state index contributed by atoms with van der Waals surface area (Å²) in [6, 6.07) is 3.90. The highest BCUT2D eigenvalue weighted by molar-refractivity contribution is 5.72. The number of rotatable bonds is 5. The number of hydrogen-bond acceptors (Lipinski definition) is 5. The maximum absolute atomic E-state index is 5.46. The number of aryl methyl sites for hydroxylation is 1. The van der Waals surface area contributed by atoms with E-state index in [1.165, 1.54) is 0 Å². The fourth-order valence-electron chi connectivity index (χ4n) is 1.83. The van der Waals surface area contributed by atoms with Gasteiger partial charge in [-0.1, -0.05) is 6.92 Å². The number of methoxy groups -OCH3 is 1. The van der Waals surface area contributed by atoms with Gasteiger partial charge in [0.25, 0.3) is 0 Å². The largest absolute Gasteiger partial charge is 0.491 e. The first-order valence-corrected chi connectivity index (χ1v) is 6.32. The van der Waals surface area contributed by atoms with Gasteiger partial charge in [-0.15, -0.1) is 0 Å². The van der Waals surface area contributed by atoms with Gasteiger partial charge in [-0.3, -0.25) is 4.98 Å². The molecule has 0 saturated heterocycles. The first kappa shape index (κ1) is 13.3. The van der Waals surface area contributed by atoms with Crippen molar-refractivity contribution in [1.29, 1.82) is 0 Å². The van der Waals surface area contributed by atoms with E-state index in [4.69, 9.17) is 4.74 Å². The Labute approximate surface area is 113 Å². The Morgan fingerprint density at radius 1 is 1.26 bits per heavy atom. The number of aromatic nitrogens is 3. The molecular weight excluding hydrogens is 240 g/mol. The lowest BCUT2D eigenvalue weighted by Gasteiger charge is -2.12. The van der Waals surface area contributed by atoms with Crippen molar-refractivity contribution < 1.29 is 4.74 Å². The fraction of sp³-hybridized carbons (Fsp3) is 0.357. The minimum Gasteiger partial charge on any atom is -0.491 e. The summed E-state index contributed by atoms with van der Waals surface area (Å²) < 4.78 is 5.46. The molecule has 0 aliphatic heterocycles. The molecule has 5 heteroatoms. The Morgan fingerprint density at radius 3 is 2.79 bits per heavy atom. The predicted molar refractivity (Wildman–Crippen MR) is 75.3 cm³/mol. The maximum atomic E-state index is 5.46. The summed E-state index contributed by atoms with van der Waals surface area (Å²) in [5.41, 5.74) is 2.70. The van der Waals surface area contributed by atoms with Crippen LogP contribution in [0, 0.1) is 6.92 Å². The predicted octanol–water partition coefficient (Wildman–Crippen LogP) is 2.68. The molecule has 2 aromatic heterocycles. The molecule has 0 aromatic carbocycles. The number of ether oxygens (including phenoxy) is 1. The second-order valence-corrected chi connectivity index (χ2v) is 4.22. The van der Waals surface area contributed by atoms with Crippen LogP contribution in [-0.2, 0) is 0 Å². The number of nitrogens with one attached hydrogen (secondary N) is 1. The highest BCUT2D eigenvalue weighted by Gasteiger charge is 2.13. The molecule has 0 saturated carbocycles. The van der Waals surface area contributed by atoms with Gasteiger partial charge < -0.3 is 10.1 Å². The molecule has 1 N–H and O–H groups in total. The van der Waals surface area contributed by atoms with Crippen molar-refractivity contribution in [3.05, 3.63) is 30.4 Å². The van der Waals surface area contributed by atoms with Crippen LogP contribution in [0.25, 0.3) is 11.3 Å². The van der Waals surface area contributed by atoms with Gasteiger partial charge >= 0.3 is 0 Å². The van der Waals surface area contributed by atoms with Crippen LogP contribution in [0.5, 0.6) is 5.75 Å². The van der Waals surface area contributed by atoms with E-state index in [0.29, 0.717) is 5.75 Å². The van der Waals surface area contributed by atoms with Gasteiger partial charge in [0.1, 0.15) is 12.0 Å². The van der Waals surface area contributed by atoms with Crippen LogP contribution in [-0.4, -0.2) is 28.6 Å². The van der Waals surface area contributed by atoms with Crippen LogP contribution in [0.2, 0.25) is 0 Å². The van der Waals surface area contributed by atoms with Gasteiger partial charge in [0.05, 0.1) is 7.11 Å². The minimum atomic E-state index is 0.668. The van der Waals surface area contributed by atoms with E-state index in [-0.39, 0.29) is 0 Å². The molecular formula is C14H18N4O. The number of pyridine rings is 1. The third-order valence-corrected chi connectivity index (χ3v) is 2.72. The lowest BCUT2D eigenvalue weighted by molar-refractivity contribution is 0.414. The highest BCUT2D eigenvalue weighted by atomic mass is 16.5. The average Bonchev–Trinajstić information content (AvgIpc) is 2.44. The molecule has 0 atom stereocenters. The number of nitrogens with zero attached hydrogens (tertiary/aromatic N) is 3. The van der Waals surface area contributed by atoms with Crippen LogP contribution in [0.1, 0.15) is 19.0 Å². The normalized spacial score (nSPS) is 10.3. The van der Waals surface area contributed by atoms with E-state index in [0.717, 1.165) is 35.7 Å². The van der Waals surface area contributed by atoms with Crippen molar-refractivity contribution in [2.75, 3.05) is 19.0 Å². The van der Waals surface area contributed by atoms with E-state index in [2.05, 4.69) is 27.2 Å². The van der Waals surface area contributed by atoms with E-state index in [1.54, 1.807) is 19.6 Å². The number of hydrogen-bond donors (Lipinski definition) is 1. The lowest BCUT2D eigenvalue weighted by atomic mass is 10.1. The second kappa shape index (κ2) is 6.13. The zero-order valence-corrected chi connectivity index (χ0v) is 11.5. The van der Waals surface area contributed by atoms with Crippen molar-refractivity contribution in [2.24, 2.45) is 0 Å². The molecule has 0 amide bonds. The second-order valence-electron chi connectivity index (χ2n) is 4.22. The van der Waals surface area contributed by atoms with Crippen molar-refractivity contribution in [3.8, 4) is 17.0 Å². The first-order chi connectivity index (χ1) is 9.26. The van der Waals surface area contributed by atoms with Gasteiger partial charge in [0, 0.05) is 24.0 Å². The van der Waals surface area contributed by atoms with Crippen molar-refractivity contribution >= 4 is 5.82 Å². The van der Waals surface area contributed by atoms with Gasteiger partial charge in [-0.2, -0.15) is 0 Å². The summed E-state index contributed by atoms with van der Waals surface area (Å²) >= 11 is 0. The van der Waals surface area contributed by atoms with Crippen LogP contribution >= 0.6 is 0 Å². The average molecular weight is 258 g/mol. The Hall–Kier alpha value is -2.17. The molecule has 0 spiro atoms. The lowest BCUT2D eigenvalue weighted by Crippen LogP contribution is -2.06. The first-order valence-electron chi connectivity index (χ1n) is 6.32. The minimum absolute atomic E-state index is 0.668. The topological polar surface area (TPSA) is 59.9 Å². The van der Waals surface area contributed by atoms with Crippen LogP contribution in [0.3, 0.4) is 0 Å². The highest BCUT2D eigenvalue weighted by Crippen LogP contribution is 2.32. The Bertz CT molecular complexity index is 557. The third kappa shape index (κ3) is 2.99. The molecule has 0 unspecified atom stereocenters. The number of anilines is 1. The van der Waals surface area contributed by atoms with Crippen LogP contribution < -0.4 is 10.1 Å². The van der Waals surface area contributed by atoms with Crippen molar-refractivity contribution in [1.82, 2.24) is 15.0 Å². The maximum Gasteiger partial charge on any atom is 0.187 e. The van der Waals surface area contributed by atoms with E-state index >= 15 is 0 Å². The monoisotopic (exact) mass is 258 g/mol. The zero-order chi connectivity index (χ0) is 13.7. The quantitative estimate of drug-likeness (QED) is 0.893. The molecule has 2 rings (SSSR count). The van der Waals surface area contributed by atoms with Gasteiger partial charge in [0.2, 0.25) is 0 Å². The SMILES string of the molecule is CCCNc1ncnc(-c2ccnc(C)c2)c1OC. The Kier molecular flexibility index (Phi) is 4.28. The van der Waals surface area contributed by atoms with Crippen molar-refractivity contribution in [2.45, 2.75) is 20.3 Å². The Morgan fingerprint density at radius 2 is 2.11 bits per heavy atom. The van der Waals surface area contributed by atoms with Crippen LogP contribution in [0.4, 0.5) is 5.82 Å². The Balaban J connectivity index is 2.45. The van der Waals surface area contributed by atoms with Gasteiger partial charge in [-0.25, -0.2) is 9.97 Å². The molecule has 100 valence electrons. The molecule has 0 bridgehead atoms. The molecule has 0 aliphatic carbocycles. The molecule has 0 fully saturated rings. The summed E-state index contributed by atoms with van der Waals surface area (Å²) in [6.07, 6.45) is 4.34. The van der Waals surface area contributed by atoms with E-state index < -0.39 is 0 Å². The summed E-state index contributed by atoms with van der Waals surface area (Å²) in [5, 5.41) is 3.25. The summed E-state index contributed by atoms with van der Waals surface area (Å²) in [5.74, 6) is 1.39. The summed E-state index contributed by atoms with van der Waals surface area (Å²) in [4.78, 5) is 12.8. The molecule has 2 aromatic rings. The molecule has 0 aliphatic rings. The molecule has 0 radical (unpaired) electrons. The van der Waals surface area contributed by atoms with Gasteiger partial charge in [0.15, 0.2) is 11.6 Å². The zero-order valence-electron chi connectivity index (χ0n) is 11.5. The summed E-state index contributed by atoms with van der Waals surface area (Å²) in [7, 11) is 1.63. The van der Waals surface area contributed by atoms with Gasteiger partial charge in [-0.05, 0) is 25.5 Å². The molecule has 19 heavy (non-hydrogen) atoms. The fourth-order valence-corrected chi connectivity index (χ4v) is 1.83. The third-order valence-electron chi connectivity index (χ3n) is 2.72. The molecule has 5 nitrogen and oxygen atoms in total. The standard InChI is InChI=1S/C14H18N4O/c1-4-6-16-14-13(19-3)12(17-9-18-14)11-5-7-15-10(2)8-11/h5,7-9H,4,6H2,1-3H3,(H,16,17,18). The van der Waals surface area contributed by atoms with Crippen molar-refractivity contribution in [3.63, 3.8) is 0 Å². The summed E-state index contributed by atoms with van der Waals surface area (Å²) in [6.45, 7) is 4.91. The van der Waals surface area contributed by atoms with E-state index in [9.17, 15) is 0 Å². The smallest absolute Gasteiger partial charge is 0.187 e. The molecule has 2 heterocycles. The van der Waals surface area contributed by atoms with E-state index in [1.807, 2.05) is 19.1 Å².